The van der Waals surface area contributed by atoms with Crippen molar-refractivity contribution >= 4 is 22.7 Å². The summed E-state index contributed by atoms with van der Waals surface area (Å²) in [7, 11) is 0. The maximum absolute atomic E-state index is 4.15. The highest BCUT2D eigenvalue weighted by Crippen LogP contribution is 2.28. The summed E-state index contributed by atoms with van der Waals surface area (Å²) in [4.78, 5) is 1.10. The van der Waals surface area contributed by atoms with E-state index in [-0.39, 0.29) is 0 Å². The standard InChI is InChI=1S/C13H14N6S/c1-3-19-13(16-17-18-19)8-20-12-7-14-15-11-5-4-9(2)6-10(11)12/h4-7H,3,8H2,1-2H3. The van der Waals surface area contributed by atoms with Gasteiger partial charge in [-0.3, -0.25) is 0 Å². The van der Waals surface area contributed by atoms with E-state index in [1.807, 2.05) is 19.1 Å². The van der Waals surface area contributed by atoms with Crippen molar-refractivity contribution in [3.8, 4) is 0 Å². The van der Waals surface area contributed by atoms with E-state index >= 15 is 0 Å². The van der Waals surface area contributed by atoms with Crippen LogP contribution in [0.1, 0.15) is 18.3 Å². The highest BCUT2D eigenvalue weighted by Gasteiger charge is 2.08. The summed E-state index contributed by atoms with van der Waals surface area (Å²) in [6.07, 6.45) is 1.80. The van der Waals surface area contributed by atoms with E-state index in [0.717, 1.165) is 33.9 Å². The Labute approximate surface area is 120 Å². The van der Waals surface area contributed by atoms with Gasteiger partial charge in [-0.1, -0.05) is 11.6 Å². The predicted molar refractivity (Wildman–Crippen MR) is 77.3 cm³/mol. The first-order valence-electron chi connectivity index (χ1n) is 6.38. The molecule has 0 N–H and O–H groups in total. The Hall–Kier alpha value is -2.02. The number of rotatable bonds is 4. The van der Waals surface area contributed by atoms with E-state index < -0.39 is 0 Å². The Morgan fingerprint density at radius 2 is 2.15 bits per heavy atom. The summed E-state index contributed by atoms with van der Waals surface area (Å²) in [5.41, 5.74) is 2.13. The van der Waals surface area contributed by atoms with Crippen molar-refractivity contribution in [2.24, 2.45) is 0 Å². The SMILES string of the molecule is CCn1nnnc1CSc1cnnc2ccc(C)cc12. The molecule has 0 unspecified atom stereocenters. The fourth-order valence-electron chi connectivity index (χ4n) is 1.98. The van der Waals surface area contributed by atoms with Gasteiger partial charge in [-0.2, -0.15) is 10.2 Å². The minimum atomic E-state index is 0.718. The molecule has 0 aliphatic carbocycles. The van der Waals surface area contributed by atoms with E-state index in [1.54, 1.807) is 22.6 Å². The molecule has 3 aromatic rings. The number of hydrogen-bond acceptors (Lipinski definition) is 6. The molecule has 20 heavy (non-hydrogen) atoms. The second-order valence-electron chi connectivity index (χ2n) is 4.43. The molecule has 102 valence electrons. The highest BCUT2D eigenvalue weighted by molar-refractivity contribution is 7.98. The zero-order valence-corrected chi connectivity index (χ0v) is 12.1. The molecule has 7 heteroatoms. The molecule has 2 heterocycles. The number of fused-ring (bicyclic) bond motifs is 1. The topological polar surface area (TPSA) is 69.4 Å². The zero-order valence-electron chi connectivity index (χ0n) is 11.3. The van der Waals surface area contributed by atoms with Crippen molar-refractivity contribution in [2.75, 3.05) is 0 Å². The van der Waals surface area contributed by atoms with Gasteiger partial charge in [-0.05, 0) is 36.4 Å². The third kappa shape index (κ3) is 2.49. The molecular formula is C13H14N6S. The van der Waals surface area contributed by atoms with Crippen LogP contribution in [0.2, 0.25) is 0 Å². The Bertz CT molecular complexity index is 739. The van der Waals surface area contributed by atoms with Gasteiger partial charge < -0.3 is 0 Å². The number of aromatic nitrogens is 6. The first kappa shape index (κ1) is 13.0. The fourth-order valence-corrected chi connectivity index (χ4v) is 2.91. The van der Waals surface area contributed by atoms with Crippen LogP contribution in [0.3, 0.4) is 0 Å². The summed E-state index contributed by atoms with van der Waals surface area (Å²) < 4.78 is 1.80. The van der Waals surface area contributed by atoms with Crippen LogP contribution >= 0.6 is 11.8 Å². The average molecular weight is 286 g/mol. The van der Waals surface area contributed by atoms with Crippen LogP contribution in [0.15, 0.2) is 29.3 Å². The first-order chi connectivity index (χ1) is 9.78. The molecule has 0 bridgehead atoms. The minimum Gasteiger partial charge on any atom is -0.229 e. The van der Waals surface area contributed by atoms with Gasteiger partial charge in [0.2, 0.25) is 0 Å². The van der Waals surface area contributed by atoms with Gasteiger partial charge in [0.15, 0.2) is 5.82 Å². The molecule has 0 atom stereocenters. The van der Waals surface area contributed by atoms with Crippen molar-refractivity contribution in [1.29, 1.82) is 0 Å². The van der Waals surface area contributed by atoms with Crippen LogP contribution < -0.4 is 0 Å². The minimum absolute atomic E-state index is 0.718. The lowest BCUT2D eigenvalue weighted by atomic mass is 10.1. The molecule has 0 saturated carbocycles. The van der Waals surface area contributed by atoms with Gasteiger partial charge in [0, 0.05) is 16.8 Å². The molecule has 2 aromatic heterocycles. The van der Waals surface area contributed by atoms with E-state index in [4.69, 9.17) is 0 Å². The van der Waals surface area contributed by atoms with Crippen molar-refractivity contribution in [1.82, 2.24) is 30.4 Å². The summed E-state index contributed by atoms with van der Waals surface area (Å²) >= 11 is 1.68. The second-order valence-corrected chi connectivity index (χ2v) is 5.45. The van der Waals surface area contributed by atoms with Crippen LogP contribution in [0, 0.1) is 6.92 Å². The Balaban J connectivity index is 1.89. The molecule has 0 amide bonds. The fraction of sp³-hybridized carbons (Fsp3) is 0.308. The van der Waals surface area contributed by atoms with Crippen molar-refractivity contribution < 1.29 is 0 Å². The van der Waals surface area contributed by atoms with Gasteiger partial charge in [0.25, 0.3) is 0 Å². The Morgan fingerprint density at radius 1 is 1.25 bits per heavy atom. The van der Waals surface area contributed by atoms with Crippen molar-refractivity contribution in [3.05, 3.63) is 35.8 Å². The van der Waals surface area contributed by atoms with Crippen LogP contribution in [-0.2, 0) is 12.3 Å². The molecular weight excluding hydrogens is 272 g/mol. The van der Waals surface area contributed by atoms with Crippen LogP contribution in [-0.4, -0.2) is 30.4 Å². The largest absolute Gasteiger partial charge is 0.229 e. The van der Waals surface area contributed by atoms with Crippen LogP contribution in [0.25, 0.3) is 10.9 Å². The lowest BCUT2D eigenvalue weighted by Gasteiger charge is -2.05. The maximum atomic E-state index is 4.15. The molecule has 0 radical (unpaired) electrons. The molecule has 3 rings (SSSR count). The van der Waals surface area contributed by atoms with E-state index in [2.05, 4.69) is 38.7 Å². The van der Waals surface area contributed by atoms with E-state index in [9.17, 15) is 0 Å². The van der Waals surface area contributed by atoms with Gasteiger partial charge >= 0.3 is 0 Å². The summed E-state index contributed by atoms with van der Waals surface area (Å²) in [6.45, 7) is 4.88. The van der Waals surface area contributed by atoms with E-state index in [1.165, 1.54) is 5.56 Å². The molecule has 6 nitrogen and oxygen atoms in total. The summed E-state index contributed by atoms with van der Waals surface area (Å²) in [5.74, 6) is 1.59. The lowest BCUT2D eigenvalue weighted by molar-refractivity contribution is 0.609. The average Bonchev–Trinajstić information content (AvgIpc) is 2.92. The number of thioether (sulfide) groups is 1. The van der Waals surface area contributed by atoms with Gasteiger partial charge in [0.05, 0.1) is 17.5 Å². The summed E-state index contributed by atoms with van der Waals surface area (Å²) in [6, 6.07) is 6.18. The van der Waals surface area contributed by atoms with Crippen LogP contribution in [0.4, 0.5) is 0 Å². The zero-order chi connectivity index (χ0) is 13.9. The molecule has 0 aliphatic heterocycles. The van der Waals surface area contributed by atoms with Gasteiger partial charge in [0.1, 0.15) is 0 Å². The number of benzene rings is 1. The number of hydrogen-bond donors (Lipinski definition) is 0. The summed E-state index contributed by atoms with van der Waals surface area (Å²) in [5, 5.41) is 21.0. The predicted octanol–water partition coefficient (Wildman–Crippen LogP) is 2.24. The third-order valence-corrected chi connectivity index (χ3v) is 4.06. The molecule has 0 aliphatic rings. The Morgan fingerprint density at radius 3 is 3.00 bits per heavy atom. The maximum Gasteiger partial charge on any atom is 0.161 e. The highest BCUT2D eigenvalue weighted by atomic mass is 32.2. The Kier molecular flexibility index (Phi) is 3.60. The monoisotopic (exact) mass is 286 g/mol. The van der Waals surface area contributed by atoms with Crippen molar-refractivity contribution in [3.63, 3.8) is 0 Å². The lowest BCUT2D eigenvalue weighted by Crippen LogP contribution is -2.02. The van der Waals surface area contributed by atoms with Gasteiger partial charge in [-0.25, -0.2) is 4.68 Å². The normalized spacial score (nSPS) is 11.1. The first-order valence-corrected chi connectivity index (χ1v) is 7.36. The molecule has 0 saturated heterocycles. The number of tetrazole rings is 1. The smallest absolute Gasteiger partial charge is 0.161 e. The van der Waals surface area contributed by atoms with Gasteiger partial charge in [-0.15, -0.1) is 16.9 Å². The molecule has 0 fully saturated rings. The molecule has 0 spiro atoms. The van der Waals surface area contributed by atoms with Crippen LogP contribution in [0.5, 0.6) is 0 Å². The number of nitrogens with zero attached hydrogens (tertiary/aromatic N) is 6. The third-order valence-electron chi connectivity index (χ3n) is 3.02. The second kappa shape index (κ2) is 5.54. The van der Waals surface area contributed by atoms with Crippen molar-refractivity contribution in [2.45, 2.75) is 31.0 Å². The van der Waals surface area contributed by atoms with E-state index in [0.29, 0.717) is 0 Å². The number of aryl methyl sites for hydroxylation is 2. The quantitative estimate of drug-likeness (QED) is 0.685. The molecule has 1 aromatic carbocycles.